The van der Waals surface area contributed by atoms with Crippen LogP contribution in [0, 0.1) is 0 Å². The highest BCUT2D eigenvalue weighted by Crippen LogP contribution is 2.23. The molecule has 0 fully saturated rings. The van der Waals surface area contributed by atoms with Gasteiger partial charge in [-0.3, -0.25) is 14.4 Å². The lowest BCUT2D eigenvalue weighted by Gasteiger charge is -2.05. The summed E-state index contributed by atoms with van der Waals surface area (Å²) in [7, 11) is 0. The molecular weight excluding hydrogens is 298 g/mol. The zero-order valence-electron chi connectivity index (χ0n) is 12.8. The SMILES string of the molecule is CC(=O)Nc1ccc2[nH]c(=O)c3[nH]ccc3c2c1.CCC(=O)O. The lowest BCUT2D eigenvalue weighted by molar-refractivity contribution is -0.136. The van der Waals surface area contributed by atoms with Gasteiger partial charge in [0, 0.05) is 41.5 Å². The summed E-state index contributed by atoms with van der Waals surface area (Å²) < 4.78 is 0. The molecule has 7 nitrogen and oxygen atoms in total. The van der Waals surface area contributed by atoms with E-state index in [-0.39, 0.29) is 17.9 Å². The molecule has 2 heterocycles. The summed E-state index contributed by atoms with van der Waals surface area (Å²) in [6.07, 6.45) is 1.95. The molecule has 0 spiro atoms. The van der Waals surface area contributed by atoms with Gasteiger partial charge in [0.2, 0.25) is 5.91 Å². The van der Waals surface area contributed by atoms with Crippen LogP contribution in [-0.2, 0) is 9.59 Å². The molecule has 0 aliphatic heterocycles. The summed E-state index contributed by atoms with van der Waals surface area (Å²) in [6, 6.07) is 7.25. The van der Waals surface area contributed by atoms with E-state index >= 15 is 0 Å². The van der Waals surface area contributed by atoms with Crippen LogP contribution in [0.4, 0.5) is 5.69 Å². The van der Waals surface area contributed by atoms with E-state index in [0.29, 0.717) is 11.2 Å². The van der Waals surface area contributed by atoms with Crippen molar-refractivity contribution in [1.82, 2.24) is 9.97 Å². The number of carboxylic acid groups (broad SMARTS) is 1. The van der Waals surface area contributed by atoms with Crippen LogP contribution in [-0.4, -0.2) is 27.0 Å². The Bertz CT molecular complexity index is 924. The Balaban J connectivity index is 0.000000338. The van der Waals surface area contributed by atoms with Crippen molar-refractivity contribution in [3.63, 3.8) is 0 Å². The first-order valence-corrected chi connectivity index (χ1v) is 7.05. The molecule has 120 valence electrons. The highest BCUT2D eigenvalue weighted by Gasteiger charge is 2.06. The van der Waals surface area contributed by atoms with Gasteiger partial charge in [-0.05, 0) is 24.3 Å². The molecule has 1 aromatic carbocycles. The van der Waals surface area contributed by atoms with E-state index in [1.165, 1.54) is 6.92 Å². The number of rotatable bonds is 2. The van der Waals surface area contributed by atoms with Gasteiger partial charge < -0.3 is 20.4 Å². The number of anilines is 1. The van der Waals surface area contributed by atoms with Crippen molar-refractivity contribution in [1.29, 1.82) is 0 Å². The molecule has 0 unspecified atom stereocenters. The molecule has 3 aromatic rings. The molecule has 0 saturated carbocycles. The standard InChI is InChI=1S/C13H11N3O2.C3H6O2/c1-7(17)15-8-2-3-11-10(6-8)9-4-5-14-12(9)13(18)16-11;1-2-3(4)5/h2-6,14H,1H3,(H,15,17)(H,16,18);2H2,1H3,(H,4,5). The Hall–Kier alpha value is -3.09. The van der Waals surface area contributed by atoms with Gasteiger partial charge in [-0.15, -0.1) is 0 Å². The number of carbonyl (C=O) groups excluding carboxylic acids is 1. The monoisotopic (exact) mass is 315 g/mol. The Morgan fingerprint density at radius 3 is 2.52 bits per heavy atom. The normalized spacial score (nSPS) is 10.2. The number of hydrogen-bond donors (Lipinski definition) is 4. The minimum absolute atomic E-state index is 0.121. The largest absolute Gasteiger partial charge is 0.481 e. The molecule has 23 heavy (non-hydrogen) atoms. The number of aromatic nitrogens is 2. The number of aliphatic carboxylic acids is 1. The summed E-state index contributed by atoms with van der Waals surface area (Å²) in [5, 5.41) is 12.2. The zero-order chi connectivity index (χ0) is 17.0. The van der Waals surface area contributed by atoms with E-state index in [0.717, 1.165) is 16.3 Å². The Labute approximate surface area is 131 Å². The highest BCUT2D eigenvalue weighted by atomic mass is 16.4. The number of fused-ring (bicyclic) bond motifs is 3. The Kier molecular flexibility index (Phi) is 4.80. The molecular formula is C16H17N3O4. The Morgan fingerprint density at radius 2 is 1.91 bits per heavy atom. The van der Waals surface area contributed by atoms with Gasteiger partial charge in [0.25, 0.3) is 5.56 Å². The summed E-state index contributed by atoms with van der Waals surface area (Å²) in [4.78, 5) is 37.9. The van der Waals surface area contributed by atoms with E-state index in [4.69, 9.17) is 5.11 Å². The molecule has 1 amide bonds. The maximum atomic E-state index is 11.8. The number of H-pyrrole nitrogens is 2. The predicted octanol–water partition coefficient (Wildman–Crippen LogP) is 2.45. The third-order valence-electron chi connectivity index (χ3n) is 3.15. The molecule has 0 bridgehead atoms. The highest BCUT2D eigenvalue weighted by molar-refractivity contribution is 6.06. The van der Waals surface area contributed by atoms with Crippen molar-refractivity contribution in [3.05, 3.63) is 40.8 Å². The van der Waals surface area contributed by atoms with Crippen molar-refractivity contribution in [2.45, 2.75) is 20.3 Å². The topological polar surface area (TPSA) is 115 Å². The van der Waals surface area contributed by atoms with Gasteiger partial charge in [0.05, 0.1) is 0 Å². The van der Waals surface area contributed by atoms with E-state index in [1.807, 2.05) is 12.1 Å². The van der Waals surface area contributed by atoms with Crippen LogP contribution >= 0.6 is 0 Å². The van der Waals surface area contributed by atoms with Crippen molar-refractivity contribution in [2.75, 3.05) is 5.32 Å². The fraction of sp³-hybridized carbons (Fsp3) is 0.188. The molecule has 7 heteroatoms. The second-order valence-corrected chi connectivity index (χ2v) is 4.91. The van der Waals surface area contributed by atoms with Crippen LogP contribution in [0.5, 0.6) is 0 Å². The number of benzene rings is 1. The van der Waals surface area contributed by atoms with E-state index in [1.54, 1.807) is 25.3 Å². The maximum absolute atomic E-state index is 11.8. The number of pyridine rings is 1. The van der Waals surface area contributed by atoms with E-state index < -0.39 is 5.97 Å². The van der Waals surface area contributed by atoms with Crippen LogP contribution in [0.3, 0.4) is 0 Å². The molecule has 0 aliphatic carbocycles. The number of hydrogen-bond acceptors (Lipinski definition) is 3. The minimum Gasteiger partial charge on any atom is -0.481 e. The third-order valence-corrected chi connectivity index (χ3v) is 3.15. The summed E-state index contributed by atoms with van der Waals surface area (Å²) in [5.74, 6) is -0.867. The minimum atomic E-state index is -0.745. The lowest BCUT2D eigenvalue weighted by Crippen LogP contribution is -2.08. The molecule has 4 N–H and O–H groups in total. The molecule has 0 radical (unpaired) electrons. The quantitative estimate of drug-likeness (QED) is 0.581. The number of carboxylic acids is 1. The first-order valence-electron chi connectivity index (χ1n) is 7.05. The molecule has 0 aliphatic rings. The van der Waals surface area contributed by atoms with Crippen molar-refractivity contribution in [3.8, 4) is 0 Å². The van der Waals surface area contributed by atoms with Crippen LogP contribution in [0.1, 0.15) is 20.3 Å². The van der Waals surface area contributed by atoms with Crippen molar-refractivity contribution < 1.29 is 14.7 Å². The average molecular weight is 315 g/mol. The fourth-order valence-electron chi connectivity index (χ4n) is 2.12. The van der Waals surface area contributed by atoms with Crippen LogP contribution in [0.2, 0.25) is 0 Å². The smallest absolute Gasteiger partial charge is 0.303 e. The first-order chi connectivity index (χ1) is 10.9. The average Bonchev–Trinajstić information content (AvgIpc) is 2.98. The second kappa shape index (κ2) is 6.78. The van der Waals surface area contributed by atoms with Crippen LogP contribution in [0.25, 0.3) is 21.8 Å². The maximum Gasteiger partial charge on any atom is 0.303 e. The lowest BCUT2D eigenvalue weighted by atomic mass is 10.1. The molecule has 0 atom stereocenters. The summed E-state index contributed by atoms with van der Waals surface area (Å²) in [6.45, 7) is 3.06. The van der Waals surface area contributed by atoms with Gasteiger partial charge in [-0.2, -0.15) is 0 Å². The molecule has 2 aromatic heterocycles. The van der Waals surface area contributed by atoms with E-state index in [2.05, 4.69) is 15.3 Å². The summed E-state index contributed by atoms with van der Waals surface area (Å²) in [5.41, 5.74) is 1.86. The van der Waals surface area contributed by atoms with E-state index in [9.17, 15) is 14.4 Å². The summed E-state index contributed by atoms with van der Waals surface area (Å²) >= 11 is 0. The fourth-order valence-corrected chi connectivity index (χ4v) is 2.12. The third kappa shape index (κ3) is 3.76. The van der Waals surface area contributed by atoms with Crippen LogP contribution < -0.4 is 10.9 Å². The predicted molar refractivity (Wildman–Crippen MR) is 88.7 cm³/mol. The first kappa shape index (κ1) is 16.3. The zero-order valence-corrected chi connectivity index (χ0v) is 12.8. The van der Waals surface area contributed by atoms with Gasteiger partial charge in [0.1, 0.15) is 5.52 Å². The van der Waals surface area contributed by atoms with Crippen LogP contribution in [0.15, 0.2) is 35.3 Å². The van der Waals surface area contributed by atoms with Gasteiger partial charge in [0.15, 0.2) is 0 Å². The van der Waals surface area contributed by atoms with Gasteiger partial charge in [-0.1, -0.05) is 6.92 Å². The Morgan fingerprint density at radius 1 is 1.22 bits per heavy atom. The van der Waals surface area contributed by atoms with Crippen molar-refractivity contribution >= 4 is 39.4 Å². The molecule has 0 saturated heterocycles. The van der Waals surface area contributed by atoms with Crippen molar-refractivity contribution in [2.24, 2.45) is 0 Å². The number of amides is 1. The molecule has 3 rings (SSSR count). The second-order valence-electron chi connectivity index (χ2n) is 4.91. The number of nitrogens with one attached hydrogen (secondary N) is 3. The number of carbonyl (C=O) groups is 2. The van der Waals surface area contributed by atoms with Gasteiger partial charge in [-0.25, -0.2) is 0 Å². The number of aromatic amines is 2. The van der Waals surface area contributed by atoms with Gasteiger partial charge >= 0.3 is 5.97 Å².